The van der Waals surface area contributed by atoms with Crippen molar-refractivity contribution in [1.82, 2.24) is 0 Å². The van der Waals surface area contributed by atoms with E-state index in [9.17, 15) is 0 Å². The number of hydrogen-bond acceptors (Lipinski definition) is 1. The molecule has 0 aliphatic heterocycles. The molecule has 11 aromatic rings. The topological polar surface area (TPSA) is 3.24 Å². The molecule has 0 spiro atoms. The fraction of sp³-hybridized carbons (Fsp3) is 0.0154. The summed E-state index contributed by atoms with van der Waals surface area (Å²) in [5.41, 5.74) is 19.6. The van der Waals surface area contributed by atoms with E-state index in [-0.39, 0.29) is 0 Å². The van der Waals surface area contributed by atoms with Gasteiger partial charge >= 0.3 is 0 Å². The van der Waals surface area contributed by atoms with Gasteiger partial charge in [-0.15, -0.1) is 0 Å². The zero-order valence-electron chi connectivity index (χ0n) is 36.4. The standard InChI is InChI=1S/C65H45N/c1-6-23-46(24-7-1)50-43-44-61(57(45-50)48-27-10-3-11-28-48)66(60-41-19-17-35-54(60)55-38-21-30-49-29-20-37-53(63(49)55)47-25-8-2-9-26-47)62-42-22-40-59-64(62)56-36-16-18-39-58(56)65(59,51-31-12-4-13-32-51)52-33-14-5-15-34-52/h1-45H. The van der Waals surface area contributed by atoms with Crippen molar-refractivity contribution in [3.05, 3.63) is 295 Å². The third-order valence-corrected chi connectivity index (χ3v) is 13.6. The third-order valence-electron chi connectivity index (χ3n) is 13.6. The number of rotatable bonds is 9. The summed E-state index contributed by atoms with van der Waals surface area (Å²) in [7, 11) is 0. The Hall–Kier alpha value is -8.52. The van der Waals surface area contributed by atoms with Crippen LogP contribution in [-0.2, 0) is 5.41 Å². The molecule has 1 aliphatic rings. The molecule has 12 rings (SSSR count). The van der Waals surface area contributed by atoms with Crippen LogP contribution in [0.2, 0.25) is 0 Å². The molecular weight excluding hydrogens is 795 g/mol. The molecular formula is C65H45N. The van der Waals surface area contributed by atoms with Gasteiger partial charge in [-0.3, -0.25) is 0 Å². The second-order valence-electron chi connectivity index (χ2n) is 17.1. The predicted molar refractivity (Wildman–Crippen MR) is 278 cm³/mol. The van der Waals surface area contributed by atoms with Crippen molar-refractivity contribution in [2.75, 3.05) is 4.90 Å². The molecule has 0 atom stereocenters. The van der Waals surface area contributed by atoms with Crippen molar-refractivity contribution in [3.63, 3.8) is 0 Å². The molecule has 0 heterocycles. The highest BCUT2D eigenvalue weighted by molar-refractivity contribution is 6.10. The molecule has 0 amide bonds. The van der Waals surface area contributed by atoms with Crippen molar-refractivity contribution in [3.8, 4) is 55.6 Å². The van der Waals surface area contributed by atoms with Crippen LogP contribution in [0.3, 0.4) is 0 Å². The predicted octanol–water partition coefficient (Wildman–Crippen LogP) is 17.3. The highest BCUT2D eigenvalue weighted by atomic mass is 15.2. The average Bonchev–Trinajstić information content (AvgIpc) is 3.71. The van der Waals surface area contributed by atoms with Crippen LogP contribution >= 0.6 is 0 Å². The number of anilines is 3. The SMILES string of the molecule is c1ccc(-c2ccc(N(c3ccccc3-c3cccc4cccc(-c5ccccc5)c34)c3cccc4c3-c3ccccc3C4(c3ccccc3)c3ccccc3)c(-c3ccccc3)c2)cc1. The van der Waals surface area contributed by atoms with Crippen LogP contribution in [0.1, 0.15) is 22.3 Å². The fourth-order valence-corrected chi connectivity index (χ4v) is 10.8. The van der Waals surface area contributed by atoms with E-state index in [0.717, 1.165) is 33.8 Å². The molecule has 11 aromatic carbocycles. The van der Waals surface area contributed by atoms with E-state index in [1.807, 2.05) is 0 Å². The molecule has 0 N–H and O–H groups in total. The Balaban J connectivity index is 1.20. The van der Waals surface area contributed by atoms with Crippen molar-refractivity contribution in [2.45, 2.75) is 5.41 Å². The van der Waals surface area contributed by atoms with Gasteiger partial charge in [-0.2, -0.15) is 0 Å². The van der Waals surface area contributed by atoms with Gasteiger partial charge in [-0.25, -0.2) is 0 Å². The Morgan fingerprint density at radius 1 is 0.258 bits per heavy atom. The number of nitrogens with zero attached hydrogens (tertiary/aromatic N) is 1. The lowest BCUT2D eigenvalue weighted by atomic mass is 9.68. The van der Waals surface area contributed by atoms with Gasteiger partial charge in [-0.05, 0) is 96.2 Å². The van der Waals surface area contributed by atoms with Gasteiger partial charge in [0, 0.05) is 16.7 Å². The largest absolute Gasteiger partial charge is 0.309 e. The van der Waals surface area contributed by atoms with Crippen molar-refractivity contribution in [1.29, 1.82) is 0 Å². The molecule has 0 aromatic heterocycles. The van der Waals surface area contributed by atoms with E-state index in [0.29, 0.717) is 0 Å². The lowest BCUT2D eigenvalue weighted by Crippen LogP contribution is -2.28. The lowest BCUT2D eigenvalue weighted by molar-refractivity contribution is 0.768. The van der Waals surface area contributed by atoms with Gasteiger partial charge in [-0.1, -0.05) is 249 Å². The summed E-state index contributed by atoms with van der Waals surface area (Å²) in [5.74, 6) is 0. The summed E-state index contributed by atoms with van der Waals surface area (Å²) < 4.78 is 0. The Bertz CT molecular complexity index is 3460. The van der Waals surface area contributed by atoms with Gasteiger partial charge in [0.05, 0.1) is 22.5 Å². The zero-order valence-corrected chi connectivity index (χ0v) is 36.4. The van der Waals surface area contributed by atoms with E-state index >= 15 is 0 Å². The quantitative estimate of drug-likeness (QED) is 0.140. The molecule has 0 unspecified atom stereocenters. The fourth-order valence-electron chi connectivity index (χ4n) is 10.8. The smallest absolute Gasteiger partial charge is 0.0714 e. The van der Waals surface area contributed by atoms with Gasteiger partial charge in [0.1, 0.15) is 0 Å². The normalized spacial score (nSPS) is 12.4. The molecule has 0 saturated carbocycles. The minimum Gasteiger partial charge on any atom is -0.309 e. The van der Waals surface area contributed by atoms with Crippen LogP contribution in [-0.4, -0.2) is 0 Å². The third kappa shape index (κ3) is 6.39. The van der Waals surface area contributed by atoms with E-state index < -0.39 is 5.41 Å². The first-order valence-electron chi connectivity index (χ1n) is 22.8. The molecule has 1 nitrogen and oxygen atoms in total. The molecule has 1 heteroatoms. The van der Waals surface area contributed by atoms with Crippen LogP contribution in [0, 0.1) is 0 Å². The Morgan fingerprint density at radius 2 is 0.712 bits per heavy atom. The summed E-state index contributed by atoms with van der Waals surface area (Å²) in [6.07, 6.45) is 0. The summed E-state index contributed by atoms with van der Waals surface area (Å²) in [6.45, 7) is 0. The molecule has 0 saturated heterocycles. The van der Waals surface area contributed by atoms with Crippen molar-refractivity contribution >= 4 is 27.8 Å². The first-order valence-corrected chi connectivity index (χ1v) is 22.8. The summed E-state index contributed by atoms with van der Waals surface area (Å²) >= 11 is 0. The van der Waals surface area contributed by atoms with E-state index in [4.69, 9.17) is 0 Å². The van der Waals surface area contributed by atoms with Gasteiger partial charge in [0.2, 0.25) is 0 Å². The van der Waals surface area contributed by atoms with Crippen LogP contribution in [0.5, 0.6) is 0 Å². The molecule has 1 aliphatic carbocycles. The maximum atomic E-state index is 2.57. The van der Waals surface area contributed by atoms with Crippen LogP contribution in [0.15, 0.2) is 273 Å². The molecule has 310 valence electrons. The highest BCUT2D eigenvalue weighted by Crippen LogP contribution is 2.60. The molecule has 66 heavy (non-hydrogen) atoms. The minimum atomic E-state index is -0.560. The van der Waals surface area contributed by atoms with Crippen LogP contribution < -0.4 is 4.90 Å². The molecule has 0 bridgehead atoms. The zero-order chi connectivity index (χ0) is 43.9. The summed E-state index contributed by atoms with van der Waals surface area (Å²) in [6, 6.07) is 100. The number of fused-ring (bicyclic) bond motifs is 4. The lowest BCUT2D eigenvalue weighted by Gasteiger charge is -2.35. The first kappa shape index (κ1) is 39.1. The Morgan fingerprint density at radius 3 is 1.36 bits per heavy atom. The Kier molecular flexibility index (Phi) is 9.81. The van der Waals surface area contributed by atoms with Crippen LogP contribution in [0.4, 0.5) is 17.1 Å². The number of hydrogen-bond donors (Lipinski definition) is 0. The first-order chi connectivity index (χ1) is 32.8. The second kappa shape index (κ2) is 16.6. The Labute approximate surface area is 387 Å². The van der Waals surface area contributed by atoms with Crippen LogP contribution in [0.25, 0.3) is 66.4 Å². The molecule has 0 radical (unpaired) electrons. The second-order valence-corrected chi connectivity index (χ2v) is 17.1. The molecule has 0 fully saturated rings. The van der Waals surface area contributed by atoms with E-state index in [1.165, 1.54) is 72.0 Å². The number of para-hydroxylation sites is 1. The van der Waals surface area contributed by atoms with E-state index in [1.54, 1.807) is 0 Å². The monoisotopic (exact) mass is 839 g/mol. The van der Waals surface area contributed by atoms with E-state index in [2.05, 4.69) is 278 Å². The maximum absolute atomic E-state index is 2.57. The van der Waals surface area contributed by atoms with Gasteiger partial charge < -0.3 is 4.90 Å². The summed E-state index contributed by atoms with van der Waals surface area (Å²) in [4.78, 5) is 2.57. The maximum Gasteiger partial charge on any atom is 0.0714 e. The van der Waals surface area contributed by atoms with Gasteiger partial charge in [0.15, 0.2) is 0 Å². The number of benzene rings is 11. The van der Waals surface area contributed by atoms with Crippen molar-refractivity contribution in [2.24, 2.45) is 0 Å². The van der Waals surface area contributed by atoms with Gasteiger partial charge in [0.25, 0.3) is 0 Å². The summed E-state index contributed by atoms with van der Waals surface area (Å²) in [5, 5.41) is 2.44. The highest BCUT2D eigenvalue weighted by Gasteiger charge is 2.47. The minimum absolute atomic E-state index is 0.560. The average molecular weight is 840 g/mol. The van der Waals surface area contributed by atoms with Crippen molar-refractivity contribution < 1.29 is 0 Å².